The summed E-state index contributed by atoms with van der Waals surface area (Å²) in [5.41, 5.74) is 5.74. The van der Waals surface area contributed by atoms with Gasteiger partial charge in [0.05, 0.1) is 12.2 Å². The monoisotopic (exact) mass is 234 g/mol. The van der Waals surface area contributed by atoms with Gasteiger partial charge in [0.15, 0.2) is 11.6 Å². The van der Waals surface area contributed by atoms with Gasteiger partial charge < -0.3 is 10.5 Å². The van der Waals surface area contributed by atoms with Crippen molar-refractivity contribution >= 4 is 5.82 Å². The van der Waals surface area contributed by atoms with Gasteiger partial charge in [0.1, 0.15) is 5.82 Å². The lowest BCUT2D eigenvalue weighted by atomic mass is 10.2. The van der Waals surface area contributed by atoms with Crippen molar-refractivity contribution in [2.24, 2.45) is 0 Å². The number of anilines is 1. The zero-order chi connectivity index (χ0) is 12.3. The fraction of sp³-hybridized carbons (Fsp3) is 0.182. The molecule has 0 atom stereocenters. The molecule has 0 spiro atoms. The molecule has 0 radical (unpaired) electrons. The van der Waals surface area contributed by atoms with Crippen molar-refractivity contribution in [3.63, 3.8) is 0 Å². The van der Waals surface area contributed by atoms with Crippen LogP contribution in [0.5, 0.6) is 5.88 Å². The maximum absolute atomic E-state index is 14.0. The van der Waals surface area contributed by atoms with Gasteiger partial charge >= 0.3 is 0 Å². The zero-order valence-corrected chi connectivity index (χ0v) is 9.22. The Labute approximate surface area is 97.5 Å². The quantitative estimate of drug-likeness (QED) is 0.874. The van der Waals surface area contributed by atoms with Crippen LogP contribution in [0.4, 0.5) is 10.2 Å². The Hall–Kier alpha value is -2.24. The Kier molecular flexibility index (Phi) is 3.13. The average molecular weight is 234 g/mol. The largest absolute Gasteiger partial charge is 0.476 e. The van der Waals surface area contributed by atoms with E-state index < -0.39 is 5.82 Å². The van der Waals surface area contributed by atoms with Crippen molar-refractivity contribution in [1.82, 2.24) is 15.0 Å². The van der Waals surface area contributed by atoms with E-state index in [0.29, 0.717) is 6.61 Å². The minimum atomic E-state index is -0.583. The highest BCUT2D eigenvalue weighted by atomic mass is 19.1. The van der Waals surface area contributed by atoms with Gasteiger partial charge in [-0.2, -0.15) is 0 Å². The van der Waals surface area contributed by atoms with E-state index in [1.807, 2.05) is 0 Å². The summed E-state index contributed by atoms with van der Waals surface area (Å²) in [6.45, 7) is 2.09. The van der Waals surface area contributed by atoms with E-state index in [1.165, 1.54) is 24.5 Å². The van der Waals surface area contributed by atoms with Crippen LogP contribution in [0, 0.1) is 5.82 Å². The highest BCUT2D eigenvalue weighted by molar-refractivity contribution is 5.58. The number of hydrogen-bond acceptors (Lipinski definition) is 5. The van der Waals surface area contributed by atoms with Crippen LogP contribution in [0.1, 0.15) is 6.92 Å². The first kappa shape index (κ1) is 11.3. The second kappa shape index (κ2) is 4.73. The first-order valence-corrected chi connectivity index (χ1v) is 5.08. The Bertz CT molecular complexity index is 533. The van der Waals surface area contributed by atoms with Gasteiger partial charge in [-0.25, -0.2) is 19.3 Å². The van der Waals surface area contributed by atoms with Crippen molar-refractivity contribution in [3.8, 4) is 17.3 Å². The van der Waals surface area contributed by atoms with E-state index >= 15 is 0 Å². The van der Waals surface area contributed by atoms with E-state index in [4.69, 9.17) is 10.5 Å². The third-order valence-electron chi connectivity index (χ3n) is 2.06. The van der Waals surface area contributed by atoms with Crippen molar-refractivity contribution < 1.29 is 9.13 Å². The predicted octanol–water partition coefficient (Wildman–Crippen LogP) is 1.66. The molecule has 0 aromatic carbocycles. The van der Waals surface area contributed by atoms with Crippen LogP contribution < -0.4 is 10.5 Å². The van der Waals surface area contributed by atoms with Crippen molar-refractivity contribution in [1.29, 1.82) is 0 Å². The molecular weight excluding hydrogens is 223 g/mol. The molecule has 0 saturated carbocycles. The number of pyridine rings is 1. The molecule has 0 aliphatic rings. The smallest absolute Gasteiger partial charge is 0.251 e. The van der Waals surface area contributed by atoms with E-state index in [1.54, 1.807) is 6.92 Å². The number of nitrogens with two attached hydrogens (primary N) is 1. The van der Waals surface area contributed by atoms with Crippen LogP contribution in [0.3, 0.4) is 0 Å². The number of nitrogen functional groups attached to an aromatic ring is 1. The summed E-state index contributed by atoms with van der Waals surface area (Å²) in [4.78, 5) is 11.7. The van der Waals surface area contributed by atoms with Crippen LogP contribution >= 0.6 is 0 Å². The van der Waals surface area contributed by atoms with Gasteiger partial charge in [-0.05, 0) is 19.1 Å². The van der Waals surface area contributed by atoms with Crippen LogP contribution in [0.2, 0.25) is 0 Å². The molecule has 0 aliphatic carbocycles. The normalized spacial score (nSPS) is 10.2. The van der Waals surface area contributed by atoms with E-state index in [0.717, 1.165) is 0 Å². The molecule has 2 aromatic rings. The summed E-state index contributed by atoms with van der Waals surface area (Å²) >= 11 is 0. The molecule has 6 heteroatoms. The number of ether oxygens (including phenoxy) is 1. The van der Waals surface area contributed by atoms with Crippen LogP contribution in [0.15, 0.2) is 24.5 Å². The molecule has 0 aliphatic heterocycles. The van der Waals surface area contributed by atoms with Crippen molar-refractivity contribution in [2.75, 3.05) is 12.3 Å². The second-order valence-electron chi connectivity index (χ2n) is 3.22. The molecule has 0 saturated heterocycles. The first-order chi connectivity index (χ1) is 8.22. The van der Waals surface area contributed by atoms with Gasteiger partial charge in [0.2, 0.25) is 0 Å². The number of halogens is 1. The molecule has 2 heterocycles. The topological polar surface area (TPSA) is 73.9 Å². The molecular formula is C11H11FN4O. The van der Waals surface area contributed by atoms with E-state index in [-0.39, 0.29) is 23.1 Å². The summed E-state index contributed by atoms with van der Waals surface area (Å²) in [5.74, 6) is -0.147. The fourth-order valence-electron chi connectivity index (χ4n) is 1.34. The molecule has 0 bridgehead atoms. The van der Waals surface area contributed by atoms with Gasteiger partial charge in [-0.15, -0.1) is 0 Å². The average Bonchev–Trinajstić information content (AvgIpc) is 2.32. The third kappa shape index (κ3) is 2.30. The van der Waals surface area contributed by atoms with Crippen LogP contribution in [-0.4, -0.2) is 21.6 Å². The maximum Gasteiger partial charge on any atom is 0.251 e. The number of nitrogens with zero attached hydrogens (tertiary/aromatic N) is 3. The van der Waals surface area contributed by atoms with Gasteiger partial charge in [0, 0.05) is 12.4 Å². The Morgan fingerprint density at radius 2 is 2.06 bits per heavy atom. The number of rotatable bonds is 3. The molecule has 2 rings (SSSR count). The van der Waals surface area contributed by atoms with E-state index in [2.05, 4.69) is 15.0 Å². The number of hydrogen-bond donors (Lipinski definition) is 1. The number of aromatic nitrogens is 3. The minimum Gasteiger partial charge on any atom is -0.476 e. The standard InChI is InChI=1S/C11H11FN4O/c1-2-17-11-9(12)7(3-5-15-11)10-14-6-4-8(13)16-10/h3-6H,2H2,1H3,(H2,13,14,16). The highest BCUT2D eigenvalue weighted by Gasteiger charge is 2.14. The summed E-state index contributed by atoms with van der Waals surface area (Å²) < 4.78 is 19.0. The fourth-order valence-corrected chi connectivity index (χ4v) is 1.34. The van der Waals surface area contributed by atoms with E-state index in [9.17, 15) is 4.39 Å². The third-order valence-corrected chi connectivity index (χ3v) is 2.06. The lowest BCUT2D eigenvalue weighted by Crippen LogP contribution is -2.01. The molecule has 0 amide bonds. The zero-order valence-electron chi connectivity index (χ0n) is 9.22. The van der Waals surface area contributed by atoms with Crippen molar-refractivity contribution in [2.45, 2.75) is 6.92 Å². The van der Waals surface area contributed by atoms with Crippen LogP contribution in [0.25, 0.3) is 11.4 Å². The highest BCUT2D eigenvalue weighted by Crippen LogP contribution is 2.24. The SMILES string of the molecule is CCOc1nccc(-c2nccc(N)n2)c1F. The summed E-state index contributed by atoms with van der Waals surface area (Å²) in [5, 5.41) is 0. The summed E-state index contributed by atoms with van der Waals surface area (Å²) in [6.07, 6.45) is 2.91. The van der Waals surface area contributed by atoms with Crippen LogP contribution in [-0.2, 0) is 0 Å². The molecule has 2 aromatic heterocycles. The molecule has 88 valence electrons. The molecule has 0 unspecified atom stereocenters. The maximum atomic E-state index is 14.0. The second-order valence-corrected chi connectivity index (χ2v) is 3.22. The molecule has 5 nitrogen and oxygen atoms in total. The summed E-state index contributed by atoms with van der Waals surface area (Å²) in [7, 11) is 0. The Morgan fingerprint density at radius 1 is 1.29 bits per heavy atom. The Morgan fingerprint density at radius 3 is 2.76 bits per heavy atom. The van der Waals surface area contributed by atoms with Gasteiger partial charge in [-0.3, -0.25) is 0 Å². The lowest BCUT2D eigenvalue weighted by molar-refractivity contribution is 0.308. The lowest BCUT2D eigenvalue weighted by Gasteiger charge is -2.06. The molecule has 17 heavy (non-hydrogen) atoms. The van der Waals surface area contributed by atoms with Crippen molar-refractivity contribution in [3.05, 3.63) is 30.3 Å². The van der Waals surface area contributed by atoms with Gasteiger partial charge in [0.25, 0.3) is 5.88 Å². The summed E-state index contributed by atoms with van der Waals surface area (Å²) in [6, 6.07) is 3.01. The van der Waals surface area contributed by atoms with Gasteiger partial charge in [-0.1, -0.05) is 0 Å². The minimum absolute atomic E-state index is 0.0592. The predicted molar refractivity (Wildman–Crippen MR) is 60.8 cm³/mol. The first-order valence-electron chi connectivity index (χ1n) is 5.08. The Balaban J connectivity index is 2.49. The molecule has 0 fully saturated rings. The molecule has 2 N–H and O–H groups in total.